The Kier molecular flexibility index (Phi) is 3.28. The molecule has 0 radical (unpaired) electrons. The lowest BCUT2D eigenvalue weighted by Crippen LogP contribution is -2.36. The minimum atomic E-state index is -1.21. The predicted octanol–water partition coefficient (Wildman–Crippen LogP) is 1.16. The van der Waals surface area contributed by atoms with Crippen LogP contribution in [0.2, 0.25) is 0 Å². The molecule has 88 valence electrons. The van der Waals surface area contributed by atoms with Gasteiger partial charge in [0.15, 0.2) is 0 Å². The zero-order valence-electron chi connectivity index (χ0n) is 8.87. The van der Waals surface area contributed by atoms with Gasteiger partial charge in [0.25, 0.3) is 0 Å². The third kappa shape index (κ3) is 2.04. The molecule has 0 saturated carbocycles. The van der Waals surface area contributed by atoms with Crippen LogP contribution in [0.1, 0.15) is 13.8 Å². The van der Waals surface area contributed by atoms with E-state index in [1.165, 1.54) is 6.08 Å². The predicted molar refractivity (Wildman–Crippen MR) is 58.0 cm³/mol. The van der Waals surface area contributed by atoms with Gasteiger partial charge < -0.3 is 15.5 Å². The molecule has 0 saturated heterocycles. The van der Waals surface area contributed by atoms with E-state index in [0.717, 1.165) is 0 Å². The number of allylic oxidation sites excluding steroid dienone is 2. The number of carboxylic acid groups (broad SMARTS) is 2. The fourth-order valence-corrected chi connectivity index (χ4v) is 1.72. The van der Waals surface area contributed by atoms with Crippen LogP contribution in [0.5, 0.6) is 0 Å². The van der Waals surface area contributed by atoms with Crippen molar-refractivity contribution in [1.82, 2.24) is 5.32 Å². The molecule has 1 aliphatic rings. The Morgan fingerprint density at radius 1 is 1.44 bits per heavy atom. The maximum absolute atomic E-state index is 11.0. The van der Waals surface area contributed by atoms with E-state index in [-0.39, 0.29) is 17.3 Å². The van der Waals surface area contributed by atoms with Gasteiger partial charge in [-0.1, -0.05) is 6.92 Å². The van der Waals surface area contributed by atoms with Crippen LogP contribution in [0, 0.1) is 5.41 Å². The molecule has 1 aliphatic heterocycles. The summed E-state index contributed by atoms with van der Waals surface area (Å²) in [5.41, 5.74) is -0.525. The SMILES string of the molecule is CC1=C(C(=O)O)NC(C(=O)O)=CC1(C)CCl. The van der Waals surface area contributed by atoms with Gasteiger partial charge >= 0.3 is 11.9 Å². The summed E-state index contributed by atoms with van der Waals surface area (Å²) in [6, 6.07) is 0. The molecule has 0 aromatic carbocycles. The van der Waals surface area contributed by atoms with E-state index < -0.39 is 17.4 Å². The Labute approximate surface area is 97.4 Å². The topological polar surface area (TPSA) is 86.6 Å². The van der Waals surface area contributed by atoms with Crippen molar-refractivity contribution in [3.63, 3.8) is 0 Å². The molecule has 5 nitrogen and oxygen atoms in total. The second kappa shape index (κ2) is 4.17. The summed E-state index contributed by atoms with van der Waals surface area (Å²) in [4.78, 5) is 21.8. The second-order valence-electron chi connectivity index (χ2n) is 3.84. The maximum atomic E-state index is 11.0. The number of halogens is 1. The molecule has 3 N–H and O–H groups in total. The van der Waals surface area contributed by atoms with Gasteiger partial charge in [0.1, 0.15) is 11.4 Å². The number of carbonyl (C=O) groups is 2. The van der Waals surface area contributed by atoms with Crippen LogP contribution in [0.15, 0.2) is 23.0 Å². The van der Waals surface area contributed by atoms with E-state index in [1.807, 2.05) is 0 Å². The number of nitrogens with one attached hydrogen (secondary N) is 1. The Morgan fingerprint density at radius 2 is 2.00 bits per heavy atom. The van der Waals surface area contributed by atoms with Crippen molar-refractivity contribution in [3.05, 3.63) is 23.0 Å². The number of alkyl halides is 1. The average Bonchev–Trinajstić information content (AvgIpc) is 2.21. The monoisotopic (exact) mass is 245 g/mol. The fourth-order valence-electron chi connectivity index (χ4n) is 1.44. The lowest BCUT2D eigenvalue weighted by Gasteiger charge is -2.31. The van der Waals surface area contributed by atoms with Crippen molar-refractivity contribution in [2.24, 2.45) is 5.41 Å². The quantitative estimate of drug-likeness (QED) is 0.650. The van der Waals surface area contributed by atoms with E-state index in [9.17, 15) is 9.59 Å². The van der Waals surface area contributed by atoms with Crippen molar-refractivity contribution in [1.29, 1.82) is 0 Å². The van der Waals surface area contributed by atoms with E-state index >= 15 is 0 Å². The molecule has 0 aromatic rings. The van der Waals surface area contributed by atoms with Crippen LogP contribution in [0.3, 0.4) is 0 Å². The molecule has 0 bridgehead atoms. The van der Waals surface area contributed by atoms with Crippen LogP contribution >= 0.6 is 11.6 Å². The van der Waals surface area contributed by atoms with Crippen molar-refractivity contribution in [2.75, 3.05) is 5.88 Å². The second-order valence-corrected chi connectivity index (χ2v) is 4.11. The number of aliphatic carboxylic acids is 2. The Bertz CT molecular complexity index is 413. The van der Waals surface area contributed by atoms with Gasteiger partial charge in [-0.25, -0.2) is 9.59 Å². The van der Waals surface area contributed by atoms with Crippen molar-refractivity contribution < 1.29 is 19.8 Å². The molecular weight excluding hydrogens is 234 g/mol. The third-order valence-electron chi connectivity index (χ3n) is 2.68. The van der Waals surface area contributed by atoms with Gasteiger partial charge in [-0.15, -0.1) is 11.6 Å². The standard InChI is InChI=1S/C10H12ClNO4/c1-5-7(9(15)16)12-6(8(13)14)3-10(5,2)4-11/h3,12H,4H2,1-2H3,(H,13,14)(H,15,16). The largest absolute Gasteiger partial charge is 0.477 e. The lowest BCUT2D eigenvalue weighted by atomic mass is 9.80. The summed E-state index contributed by atoms with van der Waals surface area (Å²) in [6.45, 7) is 3.32. The van der Waals surface area contributed by atoms with E-state index in [4.69, 9.17) is 21.8 Å². The van der Waals surface area contributed by atoms with Crippen molar-refractivity contribution in [3.8, 4) is 0 Å². The van der Waals surface area contributed by atoms with Crippen LogP contribution in [-0.4, -0.2) is 28.0 Å². The van der Waals surface area contributed by atoms with Crippen LogP contribution in [-0.2, 0) is 9.59 Å². The van der Waals surface area contributed by atoms with Gasteiger partial charge in [-0.2, -0.15) is 0 Å². The molecular formula is C10H12ClNO4. The minimum absolute atomic E-state index is 0.119. The Hall–Kier alpha value is -1.49. The molecule has 0 aromatic heterocycles. The highest BCUT2D eigenvalue weighted by Gasteiger charge is 2.34. The zero-order valence-corrected chi connectivity index (χ0v) is 9.63. The fraction of sp³-hybridized carbons (Fsp3) is 0.400. The van der Waals surface area contributed by atoms with Crippen LogP contribution < -0.4 is 5.32 Å². The zero-order chi connectivity index (χ0) is 12.5. The maximum Gasteiger partial charge on any atom is 0.352 e. The molecule has 0 fully saturated rings. The molecule has 1 heterocycles. The highest BCUT2D eigenvalue weighted by molar-refractivity contribution is 6.18. The number of dihydropyridines is 1. The highest BCUT2D eigenvalue weighted by atomic mass is 35.5. The van der Waals surface area contributed by atoms with Gasteiger partial charge in [0.2, 0.25) is 0 Å². The molecule has 0 spiro atoms. The normalized spacial score (nSPS) is 24.8. The lowest BCUT2D eigenvalue weighted by molar-refractivity contribution is -0.133. The molecule has 16 heavy (non-hydrogen) atoms. The Balaban J connectivity index is 3.28. The average molecular weight is 246 g/mol. The van der Waals surface area contributed by atoms with E-state index in [0.29, 0.717) is 5.57 Å². The summed E-state index contributed by atoms with van der Waals surface area (Å²) < 4.78 is 0. The summed E-state index contributed by atoms with van der Waals surface area (Å²) in [5, 5.41) is 20.2. The number of carboxylic acids is 2. The van der Waals surface area contributed by atoms with Gasteiger partial charge in [0, 0.05) is 11.3 Å². The summed E-state index contributed by atoms with van der Waals surface area (Å²) in [6.07, 6.45) is 1.43. The first-order chi connectivity index (χ1) is 7.31. The smallest absolute Gasteiger partial charge is 0.352 e. The highest BCUT2D eigenvalue weighted by Crippen LogP contribution is 2.35. The first-order valence-corrected chi connectivity index (χ1v) is 5.09. The number of hydrogen-bond donors (Lipinski definition) is 3. The first kappa shape index (κ1) is 12.6. The molecule has 0 amide bonds. The molecule has 0 aliphatic carbocycles. The van der Waals surface area contributed by atoms with Gasteiger partial charge in [-0.3, -0.25) is 0 Å². The van der Waals surface area contributed by atoms with E-state index in [1.54, 1.807) is 13.8 Å². The summed E-state index contributed by atoms with van der Waals surface area (Å²) in [5.74, 6) is -2.28. The summed E-state index contributed by atoms with van der Waals surface area (Å²) in [7, 11) is 0. The summed E-state index contributed by atoms with van der Waals surface area (Å²) >= 11 is 5.76. The number of rotatable bonds is 3. The molecule has 1 rings (SSSR count). The minimum Gasteiger partial charge on any atom is -0.477 e. The number of hydrogen-bond acceptors (Lipinski definition) is 3. The van der Waals surface area contributed by atoms with Crippen molar-refractivity contribution >= 4 is 23.5 Å². The van der Waals surface area contributed by atoms with Crippen molar-refractivity contribution in [2.45, 2.75) is 13.8 Å². The first-order valence-electron chi connectivity index (χ1n) is 4.55. The third-order valence-corrected chi connectivity index (χ3v) is 3.23. The molecule has 6 heteroatoms. The Morgan fingerprint density at radius 3 is 2.38 bits per heavy atom. The van der Waals surface area contributed by atoms with E-state index in [2.05, 4.69) is 5.32 Å². The van der Waals surface area contributed by atoms with Gasteiger partial charge in [-0.05, 0) is 18.6 Å². The molecule has 1 unspecified atom stereocenters. The van der Waals surface area contributed by atoms with Gasteiger partial charge in [0.05, 0.1) is 0 Å². The van der Waals surface area contributed by atoms with Crippen LogP contribution in [0.4, 0.5) is 0 Å². The van der Waals surface area contributed by atoms with Crippen LogP contribution in [0.25, 0.3) is 0 Å². The molecule has 1 atom stereocenters.